The van der Waals surface area contributed by atoms with Crippen molar-refractivity contribution in [1.29, 1.82) is 10.8 Å². The number of hydrogen-bond acceptors (Lipinski definition) is 3. The molecule has 23 heavy (non-hydrogen) atoms. The van der Waals surface area contributed by atoms with E-state index in [9.17, 15) is 0 Å². The Morgan fingerprint density at radius 1 is 1.13 bits per heavy atom. The third-order valence-electron chi connectivity index (χ3n) is 4.35. The first-order valence-electron chi connectivity index (χ1n) is 8.57. The molecule has 3 heteroatoms. The van der Waals surface area contributed by atoms with E-state index in [1.165, 1.54) is 0 Å². The molecule has 130 valence electrons. The minimum atomic E-state index is 0.227. The Labute approximate surface area is 143 Å². The van der Waals surface area contributed by atoms with Crippen molar-refractivity contribution in [2.24, 2.45) is 17.8 Å². The molecule has 0 saturated heterocycles. The predicted octanol–water partition coefficient (Wildman–Crippen LogP) is 5.66. The summed E-state index contributed by atoms with van der Waals surface area (Å²) in [6, 6.07) is 0. The highest BCUT2D eigenvalue weighted by Gasteiger charge is 2.15. The fourth-order valence-corrected chi connectivity index (χ4v) is 2.02. The van der Waals surface area contributed by atoms with Crippen molar-refractivity contribution in [3.8, 4) is 0 Å². The molecule has 0 aromatic carbocycles. The van der Waals surface area contributed by atoms with Gasteiger partial charge in [0.1, 0.15) is 0 Å². The van der Waals surface area contributed by atoms with Crippen LogP contribution in [0.25, 0.3) is 0 Å². The molecule has 0 saturated carbocycles. The number of hydrogen-bond donors (Lipinski definition) is 2. The van der Waals surface area contributed by atoms with Crippen LogP contribution in [0.3, 0.4) is 0 Å². The van der Waals surface area contributed by atoms with Gasteiger partial charge in [-0.15, -0.1) is 0 Å². The van der Waals surface area contributed by atoms with Crippen molar-refractivity contribution in [2.45, 2.75) is 54.4 Å². The molecule has 0 aliphatic heterocycles. The number of nitrogens with one attached hydrogen (secondary N) is 2. The lowest BCUT2D eigenvalue weighted by molar-refractivity contribution is 0.428. The molecule has 0 bridgehead atoms. The van der Waals surface area contributed by atoms with Crippen LogP contribution in [0.2, 0.25) is 0 Å². The lowest BCUT2D eigenvalue weighted by Gasteiger charge is -2.19. The molecule has 2 N–H and O–H groups in total. The number of rotatable bonds is 10. The van der Waals surface area contributed by atoms with Gasteiger partial charge in [-0.3, -0.25) is 0 Å². The fourth-order valence-electron chi connectivity index (χ4n) is 2.02. The molecule has 0 aliphatic rings. The molecule has 0 heterocycles. The Hall–Kier alpha value is -1.64. The van der Waals surface area contributed by atoms with Crippen LogP contribution < -0.4 is 0 Å². The van der Waals surface area contributed by atoms with Crippen LogP contribution in [0.5, 0.6) is 0 Å². The maximum atomic E-state index is 8.34. The minimum Gasteiger partial charge on any atom is -0.355 e. The average molecular weight is 318 g/mol. The van der Waals surface area contributed by atoms with Crippen molar-refractivity contribution >= 4 is 11.4 Å². The molecule has 0 aliphatic carbocycles. The van der Waals surface area contributed by atoms with Crippen molar-refractivity contribution in [2.75, 3.05) is 7.05 Å². The van der Waals surface area contributed by atoms with Gasteiger partial charge in [0, 0.05) is 36.3 Å². The third-order valence-corrected chi connectivity index (χ3v) is 4.35. The van der Waals surface area contributed by atoms with Gasteiger partial charge in [0.25, 0.3) is 0 Å². The normalized spacial score (nSPS) is 15.4. The van der Waals surface area contributed by atoms with E-state index in [0.29, 0.717) is 17.5 Å². The zero-order valence-corrected chi connectivity index (χ0v) is 16.0. The maximum Gasteiger partial charge on any atom is 0.0297 e. The zero-order chi connectivity index (χ0) is 18.0. The van der Waals surface area contributed by atoms with E-state index in [1.807, 2.05) is 25.1 Å². The van der Waals surface area contributed by atoms with Crippen LogP contribution in [0.4, 0.5) is 0 Å². The lowest BCUT2D eigenvalue weighted by atomic mass is 9.87. The molecule has 0 rings (SSSR count). The van der Waals surface area contributed by atoms with Gasteiger partial charge in [0.05, 0.1) is 0 Å². The Balaban J connectivity index is 4.73. The van der Waals surface area contributed by atoms with Crippen molar-refractivity contribution < 1.29 is 0 Å². The summed E-state index contributed by atoms with van der Waals surface area (Å²) >= 11 is 0. The fraction of sp³-hybridized carbons (Fsp3) is 0.600. The van der Waals surface area contributed by atoms with Gasteiger partial charge < -0.3 is 15.7 Å². The zero-order valence-electron chi connectivity index (χ0n) is 16.0. The van der Waals surface area contributed by atoms with E-state index < -0.39 is 0 Å². The van der Waals surface area contributed by atoms with E-state index in [4.69, 9.17) is 10.8 Å². The smallest absolute Gasteiger partial charge is 0.0297 e. The molecule has 0 spiro atoms. The molecule has 3 nitrogen and oxygen atoms in total. The van der Waals surface area contributed by atoms with Gasteiger partial charge in [0.15, 0.2) is 0 Å². The van der Waals surface area contributed by atoms with Crippen LogP contribution in [0.1, 0.15) is 54.4 Å². The second kappa shape index (κ2) is 11.0. The lowest BCUT2D eigenvalue weighted by Crippen LogP contribution is -2.16. The summed E-state index contributed by atoms with van der Waals surface area (Å²) < 4.78 is 0. The molecule has 2 unspecified atom stereocenters. The third kappa shape index (κ3) is 9.17. The first kappa shape index (κ1) is 21.4. The molecule has 0 amide bonds. The van der Waals surface area contributed by atoms with Crippen LogP contribution in [0.15, 0.2) is 36.2 Å². The highest BCUT2D eigenvalue weighted by molar-refractivity contribution is 5.89. The van der Waals surface area contributed by atoms with E-state index in [1.54, 1.807) is 13.0 Å². The summed E-state index contributed by atoms with van der Waals surface area (Å²) in [5.41, 5.74) is 2.48. The first-order valence-corrected chi connectivity index (χ1v) is 8.57. The van der Waals surface area contributed by atoms with Gasteiger partial charge in [-0.1, -0.05) is 39.8 Å². The molecular weight excluding hydrogens is 282 g/mol. The molecule has 0 radical (unpaired) electrons. The summed E-state index contributed by atoms with van der Waals surface area (Å²) in [7, 11) is 1.97. The largest absolute Gasteiger partial charge is 0.355 e. The second-order valence-electron chi connectivity index (χ2n) is 6.77. The van der Waals surface area contributed by atoms with Crippen molar-refractivity contribution in [3.63, 3.8) is 0 Å². The minimum absolute atomic E-state index is 0.227. The summed E-state index contributed by atoms with van der Waals surface area (Å²) in [5.74, 6) is 1.41. The van der Waals surface area contributed by atoms with Gasteiger partial charge in [0.2, 0.25) is 0 Å². The Bertz CT molecular complexity index is 469. The van der Waals surface area contributed by atoms with Gasteiger partial charge in [-0.2, -0.15) is 0 Å². The quantitative estimate of drug-likeness (QED) is 0.396. The van der Waals surface area contributed by atoms with Gasteiger partial charge >= 0.3 is 0 Å². The topological polar surface area (TPSA) is 50.9 Å². The van der Waals surface area contributed by atoms with Crippen LogP contribution >= 0.6 is 0 Å². The standard InChI is InChI=1S/C20H35N3/c1-8-19(20(22)14-16(4)15(2)3)11-9-10-18(6)23(7)13-12-17(5)21/h9-13,15-16,19,21-22H,8,14H2,1-7H3/b11-9-,13-12-,18-10+,21-17?,22-20?. The molecule has 0 aromatic heterocycles. The van der Waals surface area contributed by atoms with Crippen LogP contribution in [-0.2, 0) is 0 Å². The highest BCUT2D eigenvalue weighted by atomic mass is 15.1. The average Bonchev–Trinajstić information content (AvgIpc) is 2.48. The van der Waals surface area contributed by atoms with Crippen molar-refractivity contribution in [1.82, 2.24) is 4.90 Å². The number of nitrogens with zero attached hydrogens (tertiary/aromatic N) is 1. The number of allylic oxidation sites excluding steroid dienone is 5. The monoisotopic (exact) mass is 317 g/mol. The first-order chi connectivity index (χ1) is 10.7. The molecular formula is C20H35N3. The second-order valence-corrected chi connectivity index (χ2v) is 6.77. The summed E-state index contributed by atoms with van der Waals surface area (Å²) in [6.45, 7) is 12.6. The summed E-state index contributed by atoms with van der Waals surface area (Å²) in [4.78, 5) is 2.00. The highest BCUT2D eigenvalue weighted by Crippen LogP contribution is 2.19. The van der Waals surface area contributed by atoms with Gasteiger partial charge in [-0.25, -0.2) is 0 Å². The Morgan fingerprint density at radius 3 is 2.22 bits per heavy atom. The SMILES string of the molecule is CCC(/C=C\C=C(/C)N(C)/C=C\C(C)=N)C(=N)CC(C)C(C)C. The van der Waals surface area contributed by atoms with Gasteiger partial charge in [-0.05, 0) is 50.7 Å². The summed E-state index contributed by atoms with van der Waals surface area (Å²) in [6.07, 6.45) is 11.8. The Morgan fingerprint density at radius 2 is 1.74 bits per heavy atom. The molecule has 0 fully saturated rings. The van der Waals surface area contributed by atoms with E-state index in [2.05, 4.69) is 45.9 Å². The van der Waals surface area contributed by atoms with E-state index in [0.717, 1.165) is 24.3 Å². The van der Waals surface area contributed by atoms with Crippen LogP contribution in [-0.4, -0.2) is 23.4 Å². The van der Waals surface area contributed by atoms with Crippen LogP contribution in [0, 0.1) is 28.6 Å². The molecule has 2 atom stereocenters. The maximum absolute atomic E-state index is 8.34. The van der Waals surface area contributed by atoms with E-state index >= 15 is 0 Å². The molecule has 0 aromatic rings. The van der Waals surface area contributed by atoms with E-state index in [-0.39, 0.29) is 5.92 Å². The summed E-state index contributed by atoms with van der Waals surface area (Å²) in [5, 5.41) is 15.7. The van der Waals surface area contributed by atoms with Crippen molar-refractivity contribution in [3.05, 3.63) is 36.2 Å². The predicted molar refractivity (Wildman–Crippen MR) is 103 cm³/mol. The Kier molecular flexibility index (Phi) is 10.2.